The van der Waals surface area contributed by atoms with Gasteiger partial charge in [-0.25, -0.2) is 9.79 Å². The number of nitrogens with zero attached hydrogens (tertiary/aromatic N) is 2. The average molecular weight is 723 g/mol. The molecule has 1 aliphatic heterocycles. The summed E-state index contributed by atoms with van der Waals surface area (Å²) in [7, 11) is 1.59. The van der Waals surface area contributed by atoms with Gasteiger partial charge in [-0.1, -0.05) is 66.5 Å². The van der Waals surface area contributed by atoms with Crippen molar-refractivity contribution in [2.24, 2.45) is 4.99 Å². The van der Waals surface area contributed by atoms with Gasteiger partial charge in [0.15, 0.2) is 16.3 Å². The lowest BCUT2D eigenvalue weighted by Gasteiger charge is -2.24. The number of carbonyl (C=O) groups is 1. The molecular formula is C34H31IN2O6S. The van der Waals surface area contributed by atoms with Gasteiger partial charge in [0.2, 0.25) is 0 Å². The van der Waals surface area contributed by atoms with Crippen LogP contribution in [0.1, 0.15) is 36.6 Å². The molecule has 3 aromatic carbocycles. The topological polar surface area (TPSA) is 88.4 Å². The Bertz CT molecular complexity index is 1890. The van der Waals surface area contributed by atoms with E-state index in [1.54, 1.807) is 31.6 Å². The van der Waals surface area contributed by atoms with E-state index in [0.29, 0.717) is 51.1 Å². The fourth-order valence-electron chi connectivity index (χ4n) is 4.85. The van der Waals surface area contributed by atoms with Crippen LogP contribution < -0.4 is 29.1 Å². The van der Waals surface area contributed by atoms with Crippen molar-refractivity contribution < 1.29 is 23.7 Å². The predicted molar refractivity (Wildman–Crippen MR) is 179 cm³/mol. The molecule has 226 valence electrons. The Balaban J connectivity index is 1.57. The fraction of sp³-hybridized carbons (Fsp3) is 0.206. The highest BCUT2D eigenvalue weighted by molar-refractivity contribution is 14.1. The molecule has 1 aromatic heterocycles. The Labute approximate surface area is 272 Å². The third-order valence-electron chi connectivity index (χ3n) is 6.86. The zero-order valence-electron chi connectivity index (χ0n) is 24.5. The van der Waals surface area contributed by atoms with Gasteiger partial charge in [-0.15, -0.1) is 0 Å². The number of methoxy groups -OCH3 is 1. The fourth-order valence-corrected chi connectivity index (χ4v) is 6.68. The molecule has 0 N–H and O–H groups in total. The second-order valence-corrected chi connectivity index (χ2v) is 12.0. The number of hydrogen-bond acceptors (Lipinski definition) is 8. The van der Waals surface area contributed by atoms with E-state index in [2.05, 4.69) is 34.2 Å². The number of rotatable bonds is 11. The standard InChI is InChI=1S/C34H31IN2O6S/c1-5-16-42-25-14-12-24(13-15-25)30-29(33(39)41-6-2)21(3)36-34-37(30)32(38)28(44-34)19-23-17-26(35)31(27(18-23)40-4)43-20-22-10-8-7-9-11-22/h5,7-15,17-19,30H,1,6,16,20H2,2-4H3/b28-19-/t30-/m1/s1. The van der Waals surface area contributed by atoms with Crippen LogP contribution in [0.2, 0.25) is 0 Å². The molecule has 8 nitrogen and oxygen atoms in total. The van der Waals surface area contributed by atoms with Gasteiger partial charge in [0, 0.05) is 0 Å². The molecule has 0 aliphatic carbocycles. The van der Waals surface area contributed by atoms with E-state index in [4.69, 9.17) is 18.9 Å². The molecule has 1 aliphatic rings. The average Bonchev–Trinajstić information content (AvgIpc) is 3.33. The molecule has 0 saturated carbocycles. The molecule has 0 bridgehead atoms. The normalized spacial score (nSPS) is 14.5. The van der Waals surface area contributed by atoms with E-state index in [9.17, 15) is 9.59 Å². The molecule has 5 rings (SSSR count). The van der Waals surface area contributed by atoms with Crippen molar-refractivity contribution in [2.45, 2.75) is 26.5 Å². The maximum Gasteiger partial charge on any atom is 0.338 e. The third kappa shape index (κ3) is 6.66. The largest absolute Gasteiger partial charge is 0.493 e. The first-order chi connectivity index (χ1) is 21.3. The summed E-state index contributed by atoms with van der Waals surface area (Å²) in [6.07, 6.45) is 3.47. The van der Waals surface area contributed by atoms with Crippen LogP contribution in [0.5, 0.6) is 17.2 Å². The van der Waals surface area contributed by atoms with Crippen molar-refractivity contribution >= 4 is 46.0 Å². The first-order valence-corrected chi connectivity index (χ1v) is 15.8. The van der Waals surface area contributed by atoms with E-state index >= 15 is 0 Å². The monoisotopic (exact) mass is 722 g/mol. The minimum absolute atomic E-state index is 0.201. The minimum atomic E-state index is -0.718. The summed E-state index contributed by atoms with van der Waals surface area (Å²) in [5, 5.41) is 0. The highest BCUT2D eigenvalue weighted by Gasteiger charge is 2.33. The molecule has 0 spiro atoms. The van der Waals surface area contributed by atoms with E-state index in [-0.39, 0.29) is 12.2 Å². The summed E-state index contributed by atoms with van der Waals surface area (Å²) in [4.78, 5) is 32.4. The molecule has 44 heavy (non-hydrogen) atoms. The van der Waals surface area contributed by atoms with Crippen LogP contribution >= 0.6 is 33.9 Å². The predicted octanol–water partition coefficient (Wildman–Crippen LogP) is 5.56. The number of halogens is 1. The number of fused-ring (bicyclic) bond motifs is 1. The SMILES string of the molecule is C=CCOc1ccc([C@@H]2C(C(=O)OCC)=C(C)N=c3s/c(=C\c4cc(I)c(OCc5ccccc5)c(OC)c4)c(=O)n32)cc1. The first-order valence-electron chi connectivity index (χ1n) is 13.9. The molecule has 10 heteroatoms. The van der Waals surface area contributed by atoms with Crippen molar-refractivity contribution in [3.63, 3.8) is 0 Å². The molecule has 0 amide bonds. The van der Waals surface area contributed by atoms with Gasteiger partial charge in [-0.3, -0.25) is 9.36 Å². The maximum absolute atomic E-state index is 14.0. The Morgan fingerprint density at radius 1 is 1.11 bits per heavy atom. The lowest BCUT2D eigenvalue weighted by atomic mass is 9.96. The van der Waals surface area contributed by atoms with E-state index in [1.807, 2.05) is 72.8 Å². The van der Waals surface area contributed by atoms with Gasteiger partial charge in [0.25, 0.3) is 5.56 Å². The minimum Gasteiger partial charge on any atom is -0.493 e. The van der Waals surface area contributed by atoms with E-state index in [1.165, 1.54) is 11.3 Å². The number of hydrogen-bond donors (Lipinski definition) is 0. The summed E-state index contributed by atoms with van der Waals surface area (Å²) in [5.41, 5.74) is 3.10. The highest BCUT2D eigenvalue weighted by Crippen LogP contribution is 2.35. The van der Waals surface area contributed by atoms with Crippen LogP contribution in [0.25, 0.3) is 6.08 Å². The Morgan fingerprint density at radius 3 is 2.55 bits per heavy atom. The molecule has 0 saturated heterocycles. The first kappa shape index (κ1) is 31.3. The maximum atomic E-state index is 14.0. The van der Waals surface area contributed by atoms with Crippen molar-refractivity contribution in [3.8, 4) is 17.2 Å². The number of carbonyl (C=O) groups excluding carboxylic acids is 1. The second kappa shape index (κ2) is 14.1. The number of ether oxygens (including phenoxy) is 4. The number of esters is 1. The van der Waals surface area contributed by atoms with Gasteiger partial charge in [-0.05, 0) is 83.5 Å². The number of aromatic nitrogens is 1. The van der Waals surface area contributed by atoms with Gasteiger partial charge < -0.3 is 18.9 Å². The van der Waals surface area contributed by atoms with E-state index < -0.39 is 12.0 Å². The lowest BCUT2D eigenvalue weighted by molar-refractivity contribution is -0.139. The summed E-state index contributed by atoms with van der Waals surface area (Å²) in [5.74, 6) is 1.33. The molecule has 1 atom stereocenters. The molecule has 0 radical (unpaired) electrons. The zero-order valence-corrected chi connectivity index (χ0v) is 27.5. The number of thiazole rings is 1. The Kier molecular flexibility index (Phi) is 10.0. The van der Waals surface area contributed by atoms with Crippen LogP contribution in [0.15, 0.2) is 100 Å². The van der Waals surface area contributed by atoms with Gasteiger partial charge in [0.05, 0.1) is 39.1 Å². The van der Waals surface area contributed by atoms with Crippen LogP contribution in [0.4, 0.5) is 0 Å². The van der Waals surface area contributed by atoms with Crippen molar-refractivity contribution in [1.82, 2.24) is 4.57 Å². The highest BCUT2D eigenvalue weighted by atomic mass is 127. The van der Waals surface area contributed by atoms with E-state index in [0.717, 1.165) is 20.3 Å². The van der Waals surface area contributed by atoms with Crippen molar-refractivity contribution in [2.75, 3.05) is 20.3 Å². The third-order valence-corrected chi connectivity index (χ3v) is 8.64. The van der Waals surface area contributed by atoms with Crippen LogP contribution in [0, 0.1) is 3.57 Å². The zero-order chi connectivity index (χ0) is 31.2. The lowest BCUT2D eigenvalue weighted by Crippen LogP contribution is -2.39. The van der Waals surface area contributed by atoms with Gasteiger partial charge >= 0.3 is 5.97 Å². The van der Waals surface area contributed by atoms with Crippen molar-refractivity contribution in [1.29, 1.82) is 0 Å². The Morgan fingerprint density at radius 2 is 1.86 bits per heavy atom. The van der Waals surface area contributed by atoms with Crippen LogP contribution in [0.3, 0.4) is 0 Å². The molecule has 0 fully saturated rings. The molecule has 2 heterocycles. The summed E-state index contributed by atoms with van der Waals surface area (Å²) in [6.45, 7) is 8.16. The molecule has 4 aromatic rings. The molecular weight excluding hydrogens is 691 g/mol. The summed E-state index contributed by atoms with van der Waals surface area (Å²) in [6, 6.07) is 20.3. The quantitative estimate of drug-likeness (QED) is 0.115. The summed E-state index contributed by atoms with van der Waals surface area (Å²) < 4.78 is 25.7. The second-order valence-electron chi connectivity index (χ2n) is 9.78. The van der Waals surface area contributed by atoms with Crippen LogP contribution in [-0.4, -0.2) is 30.9 Å². The van der Waals surface area contributed by atoms with Gasteiger partial charge in [-0.2, -0.15) is 0 Å². The number of benzene rings is 3. The number of allylic oxidation sites excluding steroid dienone is 1. The molecule has 0 unspecified atom stereocenters. The summed E-state index contributed by atoms with van der Waals surface area (Å²) >= 11 is 3.47. The van der Waals surface area contributed by atoms with Crippen molar-refractivity contribution in [3.05, 3.63) is 131 Å². The Hall–Kier alpha value is -4.16. The smallest absolute Gasteiger partial charge is 0.338 e. The van der Waals surface area contributed by atoms with Crippen LogP contribution in [-0.2, 0) is 16.1 Å². The van der Waals surface area contributed by atoms with Gasteiger partial charge in [0.1, 0.15) is 19.0 Å².